The summed E-state index contributed by atoms with van der Waals surface area (Å²) < 4.78 is 0. The minimum Gasteiger partial charge on any atom is -0.371 e. The minimum absolute atomic E-state index is 0.205. The number of carbonyl (C=O) groups excluding carboxylic acids is 1. The van der Waals surface area contributed by atoms with Crippen LogP contribution in [0.15, 0.2) is 0 Å². The predicted octanol–water partition coefficient (Wildman–Crippen LogP) is -1.33. The van der Waals surface area contributed by atoms with Crippen molar-refractivity contribution in [2.75, 3.05) is 0 Å². The molecule has 0 saturated carbocycles. The number of carbonyl (C=O) groups is 1. The molecule has 5 heteroatoms. The van der Waals surface area contributed by atoms with E-state index in [1.54, 1.807) is 13.8 Å². The highest BCUT2D eigenvalue weighted by atomic mass is 16.7. The molecule has 6 N–H and O–H groups in total. The van der Waals surface area contributed by atoms with E-state index >= 15 is 0 Å². The monoisotopic (exact) mass is 147 g/mol. The Kier molecular flexibility index (Phi) is 2.77. The highest BCUT2D eigenvalue weighted by Crippen LogP contribution is 2.07. The van der Waals surface area contributed by atoms with E-state index in [2.05, 4.69) is 10.7 Å². The van der Waals surface area contributed by atoms with E-state index in [-0.39, 0.29) is 5.92 Å². The lowest BCUT2D eigenvalue weighted by atomic mass is 9.99. The molecule has 0 aromatic rings. The van der Waals surface area contributed by atoms with Gasteiger partial charge in [0.1, 0.15) is 0 Å². The predicted molar refractivity (Wildman–Crippen MR) is 36.2 cm³/mol. The summed E-state index contributed by atoms with van der Waals surface area (Å²) >= 11 is 0. The Morgan fingerprint density at radius 2 is 1.90 bits per heavy atom. The summed E-state index contributed by atoms with van der Waals surface area (Å²) in [7, 11) is 0. The maximum atomic E-state index is 10.7. The van der Waals surface area contributed by atoms with Crippen molar-refractivity contribution < 1.29 is 9.63 Å². The van der Waals surface area contributed by atoms with E-state index in [1.165, 1.54) is 0 Å². The molecule has 0 aliphatic heterocycles. The number of nitrogens with two attached hydrogens (primary N) is 3. The van der Waals surface area contributed by atoms with Crippen molar-refractivity contribution in [1.29, 1.82) is 0 Å². The van der Waals surface area contributed by atoms with Crippen LogP contribution in [0.3, 0.4) is 0 Å². The average Bonchev–Trinajstić information content (AvgIpc) is 1.86. The van der Waals surface area contributed by atoms with Gasteiger partial charge in [-0.25, -0.2) is 4.79 Å². The van der Waals surface area contributed by atoms with Gasteiger partial charge in [0.15, 0.2) is 5.66 Å². The van der Waals surface area contributed by atoms with Gasteiger partial charge in [0.05, 0.1) is 0 Å². The Balaban J connectivity index is 4.24. The van der Waals surface area contributed by atoms with Crippen LogP contribution in [0, 0.1) is 5.92 Å². The van der Waals surface area contributed by atoms with Crippen LogP contribution in [0.1, 0.15) is 13.8 Å². The topological polar surface area (TPSA) is 104 Å². The van der Waals surface area contributed by atoms with Crippen molar-refractivity contribution >= 4 is 5.97 Å². The fourth-order valence-corrected chi connectivity index (χ4v) is 0.338. The van der Waals surface area contributed by atoms with Crippen LogP contribution in [-0.2, 0) is 9.63 Å². The summed E-state index contributed by atoms with van der Waals surface area (Å²) in [4.78, 5) is 14.6. The molecule has 0 aliphatic rings. The van der Waals surface area contributed by atoms with Crippen molar-refractivity contribution in [3.8, 4) is 0 Å². The second-order valence-corrected chi connectivity index (χ2v) is 2.49. The van der Waals surface area contributed by atoms with Gasteiger partial charge in [0.2, 0.25) is 0 Å². The van der Waals surface area contributed by atoms with Gasteiger partial charge in [-0.3, -0.25) is 0 Å². The Hall–Kier alpha value is -0.650. The van der Waals surface area contributed by atoms with Crippen molar-refractivity contribution in [3.63, 3.8) is 0 Å². The molecule has 60 valence electrons. The van der Waals surface area contributed by atoms with Gasteiger partial charge in [0.25, 0.3) is 0 Å². The first-order valence-electron chi connectivity index (χ1n) is 2.91. The Morgan fingerprint density at radius 3 is 2.00 bits per heavy atom. The van der Waals surface area contributed by atoms with E-state index in [0.717, 1.165) is 0 Å². The molecule has 10 heavy (non-hydrogen) atoms. The van der Waals surface area contributed by atoms with E-state index in [0.29, 0.717) is 0 Å². The molecule has 0 atom stereocenters. The van der Waals surface area contributed by atoms with Crippen molar-refractivity contribution in [1.82, 2.24) is 0 Å². The van der Waals surface area contributed by atoms with Crippen LogP contribution in [0.25, 0.3) is 0 Å². The molecule has 0 aromatic carbocycles. The van der Waals surface area contributed by atoms with Gasteiger partial charge >= 0.3 is 5.97 Å². The standard InChI is InChI=1S/C5H13N3O2/c1-3(2)5(6,7)4(9)10-8/h3H,6-8H2,1-2H3. The summed E-state index contributed by atoms with van der Waals surface area (Å²) in [5.74, 6) is 3.58. The average molecular weight is 147 g/mol. The lowest BCUT2D eigenvalue weighted by molar-refractivity contribution is -0.152. The first kappa shape index (κ1) is 9.35. The van der Waals surface area contributed by atoms with Gasteiger partial charge in [-0.15, -0.1) is 0 Å². The lowest BCUT2D eigenvalue weighted by Gasteiger charge is -2.24. The van der Waals surface area contributed by atoms with E-state index in [1.807, 2.05) is 0 Å². The van der Waals surface area contributed by atoms with Crippen molar-refractivity contribution in [3.05, 3.63) is 0 Å². The SMILES string of the molecule is CC(C)C(N)(N)C(=O)ON. The first-order valence-corrected chi connectivity index (χ1v) is 2.91. The molecule has 0 heterocycles. The van der Waals surface area contributed by atoms with E-state index < -0.39 is 11.6 Å². The quantitative estimate of drug-likeness (QED) is 0.331. The summed E-state index contributed by atoms with van der Waals surface area (Å²) in [5, 5.41) is 0. The fraction of sp³-hybridized carbons (Fsp3) is 0.800. The molecule has 0 aromatic heterocycles. The maximum Gasteiger partial charge on any atom is 0.359 e. The maximum absolute atomic E-state index is 10.7. The summed E-state index contributed by atoms with van der Waals surface area (Å²) in [6.45, 7) is 3.41. The lowest BCUT2D eigenvalue weighted by Crippen LogP contribution is -2.61. The van der Waals surface area contributed by atoms with Gasteiger partial charge < -0.3 is 16.3 Å². The molecule has 5 nitrogen and oxygen atoms in total. The molecule has 0 aliphatic carbocycles. The van der Waals surface area contributed by atoms with Crippen LogP contribution >= 0.6 is 0 Å². The zero-order valence-corrected chi connectivity index (χ0v) is 6.13. The van der Waals surface area contributed by atoms with Crippen LogP contribution in [0.4, 0.5) is 0 Å². The van der Waals surface area contributed by atoms with Gasteiger partial charge in [-0.2, -0.15) is 5.90 Å². The van der Waals surface area contributed by atoms with Gasteiger partial charge in [-0.1, -0.05) is 13.8 Å². The summed E-state index contributed by atoms with van der Waals surface area (Å²) in [6.07, 6.45) is 0. The highest BCUT2D eigenvalue weighted by molar-refractivity contribution is 5.79. The fourth-order valence-electron chi connectivity index (χ4n) is 0.338. The molecular formula is C5H13N3O2. The zero-order chi connectivity index (χ0) is 8.36. The number of rotatable bonds is 2. The molecule has 0 fully saturated rings. The Bertz CT molecular complexity index is 133. The third-order valence-corrected chi connectivity index (χ3v) is 1.42. The number of hydrogen-bond donors (Lipinski definition) is 3. The third kappa shape index (κ3) is 1.66. The third-order valence-electron chi connectivity index (χ3n) is 1.42. The van der Waals surface area contributed by atoms with Crippen LogP contribution in [0.5, 0.6) is 0 Å². The van der Waals surface area contributed by atoms with Gasteiger partial charge in [-0.05, 0) is 5.92 Å². The van der Waals surface area contributed by atoms with Crippen LogP contribution in [-0.4, -0.2) is 11.6 Å². The summed E-state index contributed by atoms with van der Waals surface area (Å²) in [5.41, 5.74) is 9.20. The van der Waals surface area contributed by atoms with Gasteiger partial charge in [0, 0.05) is 0 Å². The van der Waals surface area contributed by atoms with E-state index in [9.17, 15) is 4.79 Å². The summed E-state index contributed by atoms with van der Waals surface area (Å²) in [6, 6.07) is 0. The molecule has 0 rings (SSSR count). The van der Waals surface area contributed by atoms with Crippen molar-refractivity contribution in [2.45, 2.75) is 19.5 Å². The number of hydrogen-bond acceptors (Lipinski definition) is 5. The molecule has 0 unspecified atom stereocenters. The van der Waals surface area contributed by atoms with Crippen LogP contribution < -0.4 is 17.4 Å². The molecule has 0 bridgehead atoms. The smallest absolute Gasteiger partial charge is 0.359 e. The molecule has 0 amide bonds. The van der Waals surface area contributed by atoms with Crippen molar-refractivity contribution in [2.24, 2.45) is 23.3 Å². The molecule has 0 radical (unpaired) electrons. The van der Waals surface area contributed by atoms with Crippen LogP contribution in [0.2, 0.25) is 0 Å². The zero-order valence-electron chi connectivity index (χ0n) is 6.13. The molecular weight excluding hydrogens is 134 g/mol. The molecule has 0 spiro atoms. The highest BCUT2D eigenvalue weighted by Gasteiger charge is 2.34. The molecule has 0 saturated heterocycles. The largest absolute Gasteiger partial charge is 0.371 e. The first-order chi connectivity index (χ1) is 4.42. The minimum atomic E-state index is -1.48. The second-order valence-electron chi connectivity index (χ2n) is 2.49. The Morgan fingerprint density at radius 1 is 1.50 bits per heavy atom. The normalized spacial score (nSPS) is 11.8. The second kappa shape index (κ2) is 2.96. The van der Waals surface area contributed by atoms with E-state index in [4.69, 9.17) is 11.5 Å². The Labute approximate surface area is 59.4 Å².